The Hall–Kier alpha value is -0.737. The maximum Gasteiger partial charge on any atom is 0 e. The maximum atomic E-state index is 7.59. The third kappa shape index (κ3) is 8.90. The van der Waals surface area contributed by atoms with Crippen LogP contribution < -0.4 is 0 Å². The van der Waals surface area contributed by atoms with Crippen molar-refractivity contribution in [2.24, 2.45) is 0 Å². The van der Waals surface area contributed by atoms with Crippen LogP contribution in [0.3, 0.4) is 0 Å². The Balaban J connectivity index is 0.000000301. The monoisotopic (exact) mass is 844 g/mol. The van der Waals surface area contributed by atoms with E-state index < -0.39 is 0 Å². The van der Waals surface area contributed by atoms with Gasteiger partial charge in [-0.3, -0.25) is 0 Å². The van der Waals surface area contributed by atoms with E-state index in [1.807, 2.05) is 79.7 Å². The zero-order valence-electron chi connectivity index (χ0n) is 18.3. The zero-order valence-corrected chi connectivity index (χ0v) is 27.8. The molecular weight excluding hydrogens is 818 g/mol. The minimum absolute atomic E-state index is 0. The molecule has 0 bridgehead atoms. The van der Waals surface area contributed by atoms with Crippen molar-refractivity contribution < 1.29 is 88.1 Å². The van der Waals surface area contributed by atoms with Gasteiger partial charge < -0.3 is 11.5 Å². The summed E-state index contributed by atoms with van der Waals surface area (Å²) in [7, 11) is 0. The predicted molar refractivity (Wildman–Crippen MR) is 130 cm³/mol. The van der Waals surface area contributed by atoms with E-state index in [0.717, 1.165) is 11.1 Å². The average molecular weight is 845 g/mol. The van der Waals surface area contributed by atoms with Crippen molar-refractivity contribution in [3.05, 3.63) is 138 Å². The van der Waals surface area contributed by atoms with Gasteiger partial charge >= 0.3 is 0 Å². The quantitative estimate of drug-likeness (QED) is 0.197. The zero-order chi connectivity index (χ0) is 21.3. The molecule has 1 unspecified atom stereocenters. The van der Waals surface area contributed by atoms with E-state index in [4.69, 9.17) is 11.5 Å². The standard InChI is InChI=1S/C14H14N.C14H12N.2Ac/c2*1-11(15)12-7-9-14(10-8-12)13-5-3-2-4-6-13;;/h2-11,15H,1H3;2-10,15H,1H2;;/q2*-1;;. The van der Waals surface area contributed by atoms with E-state index in [9.17, 15) is 0 Å². The summed E-state index contributed by atoms with van der Waals surface area (Å²) in [6.45, 7) is 5.48. The number of nitrogens with one attached hydrogen (secondary N) is 2. The molecule has 4 aromatic carbocycles. The second kappa shape index (κ2) is 15.2. The van der Waals surface area contributed by atoms with Gasteiger partial charge in [0.1, 0.15) is 0 Å². The summed E-state index contributed by atoms with van der Waals surface area (Å²) >= 11 is 0. The Kier molecular flexibility index (Phi) is 13.9. The van der Waals surface area contributed by atoms with E-state index in [2.05, 4.69) is 43.0 Å². The number of hydrogen-bond donors (Lipinski definition) is 0. The van der Waals surface area contributed by atoms with Crippen LogP contribution in [0.4, 0.5) is 0 Å². The molecule has 0 aliphatic carbocycles. The van der Waals surface area contributed by atoms with Crippen molar-refractivity contribution in [3.8, 4) is 22.3 Å². The van der Waals surface area contributed by atoms with Crippen LogP contribution in [-0.4, -0.2) is 0 Å². The minimum atomic E-state index is -0.144. The van der Waals surface area contributed by atoms with E-state index >= 15 is 0 Å². The van der Waals surface area contributed by atoms with Gasteiger partial charge in [-0.1, -0.05) is 122 Å². The molecule has 0 fully saturated rings. The van der Waals surface area contributed by atoms with E-state index in [1.54, 1.807) is 0 Å². The van der Waals surface area contributed by atoms with Crippen LogP contribution in [0.1, 0.15) is 24.1 Å². The Morgan fingerprint density at radius 1 is 0.594 bits per heavy atom. The topological polar surface area (TPSA) is 47.6 Å². The summed E-state index contributed by atoms with van der Waals surface area (Å²) in [6, 6.07) is 36.4. The fourth-order valence-corrected chi connectivity index (χ4v) is 3.09. The van der Waals surface area contributed by atoms with E-state index in [0.29, 0.717) is 5.70 Å². The van der Waals surface area contributed by atoms with Crippen LogP contribution in [0.5, 0.6) is 0 Å². The molecule has 0 saturated heterocycles. The van der Waals surface area contributed by atoms with Gasteiger partial charge in [0.25, 0.3) is 0 Å². The Labute approximate surface area is 263 Å². The molecule has 32 heavy (non-hydrogen) atoms. The molecule has 0 amide bonds. The van der Waals surface area contributed by atoms with Gasteiger partial charge in [-0.25, -0.2) is 0 Å². The van der Waals surface area contributed by atoms with Crippen molar-refractivity contribution in [3.63, 3.8) is 0 Å². The first kappa shape index (κ1) is 29.3. The fraction of sp³-hybridized carbons (Fsp3) is 0.0714. The number of benzene rings is 4. The van der Waals surface area contributed by atoms with Gasteiger partial charge in [0, 0.05) is 88.1 Å². The molecule has 1 atom stereocenters. The third-order valence-corrected chi connectivity index (χ3v) is 4.86. The average Bonchev–Trinajstić information content (AvgIpc) is 2.81. The molecule has 0 heterocycles. The number of hydrogen-bond acceptors (Lipinski definition) is 0. The van der Waals surface area contributed by atoms with Crippen molar-refractivity contribution in [1.82, 2.24) is 0 Å². The normalized spacial score (nSPS) is 10.4. The summed E-state index contributed by atoms with van der Waals surface area (Å²) in [4.78, 5) is 0. The van der Waals surface area contributed by atoms with Gasteiger partial charge in [-0.15, -0.1) is 18.3 Å². The summed E-state index contributed by atoms with van der Waals surface area (Å²) < 4.78 is 0. The smallest absolute Gasteiger partial charge is 0 e. The van der Waals surface area contributed by atoms with Gasteiger partial charge in [-0.2, -0.15) is 0 Å². The SMILES string of the molecule is C=C([NH-])c1ccc(-c2ccccc2)cc1.CC([NH-])c1ccc(-c2ccccc2)cc1.[Ac].[Ac]. The van der Waals surface area contributed by atoms with Crippen LogP contribution in [0.25, 0.3) is 39.4 Å². The van der Waals surface area contributed by atoms with Gasteiger partial charge in [-0.05, 0) is 27.8 Å². The van der Waals surface area contributed by atoms with Gasteiger partial charge in [0.2, 0.25) is 0 Å². The van der Waals surface area contributed by atoms with Crippen LogP contribution in [0.15, 0.2) is 116 Å². The van der Waals surface area contributed by atoms with Crippen LogP contribution in [-0.2, 0) is 0 Å². The molecule has 0 spiro atoms. The van der Waals surface area contributed by atoms with Crippen molar-refractivity contribution >= 4 is 5.70 Å². The third-order valence-electron chi connectivity index (χ3n) is 4.86. The molecule has 2 nitrogen and oxygen atoms in total. The minimum Gasteiger partial charge on any atom is -0.699 e. The molecule has 2 N–H and O–H groups in total. The summed E-state index contributed by atoms with van der Waals surface area (Å²) in [5.41, 5.74) is 22.1. The van der Waals surface area contributed by atoms with Gasteiger partial charge in [0.05, 0.1) is 0 Å². The first-order chi connectivity index (χ1) is 14.5. The second-order valence-corrected chi connectivity index (χ2v) is 7.13. The van der Waals surface area contributed by atoms with Crippen molar-refractivity contribution in [2.75, 3.05) is 0 Å². The summed E-state index contributed by atoms with van der Waals surface area (Å²) in [6.07, 6.45) is 0. The Morgan fingerprint density at radius 2 is 0.938 bits per heavy atom. The molecule has 156 valence electrons. The van der Waals surface area contributed by atoms with Crippen LogP contribution in [0, 0.1) is 88.1 Å². The van der Waals surface area contributed by atoms with Crippen LogP contribution >= 0.6 is 0 Å². The molecule has 0 aliphatic rings. The fourth-order valence-electron chi connectivity index (χ4n) is 3.09. The molecule has 0 saturated carbocycles. The van der Waals surface area contributed by atoms with Crippen molar-refractivity contribution in [2.45, 2.75) is 13.0 Å². The largest absolute Gasteiger partial charge is 0.699 e. The first-order valence-corrected chi connectivity index (χ1v) is 9.97. The Bertz CT molecular complexity index is 1060. The molecule has 0 aromatic heterocycles. The molecule has 4 heteroatoms. The predicted octanol–water partition coefficient (Wildman–Crippen LogP) is 8.84. The molecule has 0 aliphatic heterocycles. The second-order valence-electron chi connectivity index (χ2n) is 7.13. The first-order valence-electron chi connectivity index (χ1n) is 9.97. The summed E-state index contributed by atoms with van der Waals surface area (Å²) in [5.74, 6) is 0. The van der Waals surface area contributed by atoms with E-state index in [1.165, 1.54) is 22.3 Å². The molecule has 2 radical (unpaired) electrons. The van der Waals surface area contributed by atoms with Crippen LogP contribution in [0.2, 0.25) is 0 Å². The van der Waals surface area contributed by atoms with E-state index in [-0.39, 0.29) is 94.2 Å². The maximum absolute atomic E-state index is 7.59. The van der Waals surface area contributed by atoms with Crippen molar-refractivity contribution in [1.29, 1.82) is 0 Å². The number of rotatable bonds is 4. The molecule has 4 aromatic rings. The molecular formula is C28H26Ac2N2-2. The molecule has 4 rings (SSSR count). The Morgan fingerprint density at radius 3 is 1.28 bits per heavy atom. The van der Waals surface area contributed by atoms with Gasteiger partial charge in [0.15, 0.2) is 0 Å². The summed E-state index contributed by atoms with van der Waals surface area (Å²) in [5, 5.41) is 0.